The van der Waals surface area contributed by atoms with E-state index in [0.717, 1.165) is 18.4 Å². The molecule has 0 aromatic carbocycles. The first-order chi connectivity index (χ1) is 7.35. The molecule has 0 radical (unpaired) electrons. The molecule has 0 aliphatic rings. The zero-order valence-corrected chi connectivity index (χ0v) is 12.4. The molecule has 0 aromatic heterocycles. The summed E-state index contributed by atoms with van der Waals surface area (Å²) in [7, 11) is 0. The molecule has 0 saturated carbocycles. The highest BCUT2D eigenvalue weighted by molar-refractivity contribution is 4.68. The third-order valence-corrected chi connectivity index (χ3v) is 2.99. The van der Waals surface area contributed by atoms with E-state index >= 15 is 0 Å². The summed E-state index contributed by atoms with van der Waals surface area (Å²) in [5.74, 6) is 1.65. The summed E-state index contributed by atoms with van der Waals surface area (Å²) in [6.07, 6.45) is 5.42. The Kier molecular flexibility index (Phi) is 8.09. The molecule has 0 aliphatic heterocycles. The van der Waals surface area contributed by atoms with E-state index in [1.807, 2.05) is 0 Å². The monoisotopic (exact) mass is 227 g/mol. The summed E-state index contributed by atoms with van der Waals surface area (Å²) in [5, 5.41) is 3.61. The average molecular weight is 227 g/mol. The van der Waals surface area contributed by atoms with E-state index in [2.05, 4.69) is 46.9 Å². The molecule has 1 heteroatoms. The van der Waals surface area contributed by atoms with Crippen LogP contribution in [0.2, 0.25) is 0 Å². The van der Waals surface area contributed by atoms with E-state index in [1.54, 1.807) is 0 Å². The Morgan fingerprint density at radius 3 is 2.06 bits per heavy atom. The lowest BCUT2D eigenvalue weighted by molar-refractivity contribution is 0.302. The predicted molar refractivity (Wildman–Crippen MR) is 74.8 cm³/mol. The summed E-state index contributed by atoms with van der Waals surface area (Å²) in [6, 6.07) is 0. The van der Waals surface area contributed by atoms with Gasteiger partial charge in [-0.3, -0.25) is 0 Å². The van der Waals surface area contributed by atoms with Gasteiger partial charge in [0, 0.05) is 0 Å². The van der Waals surface area contributed by atoms with Gasteiger partial charge in [0.05, 0.1) is 0 Å². The van der Waals surface area contributed by atoms with Crippen molar-refractivity contribution in [2.45, 2.75) is 67.2 Å². The molecular formula is C15H33N. The van der Waals surface area contributed by atoms with Crippen molar-refractivity contribution in [3.8, 4) is 0 Å². The van der Waals surface area contributed by atoms with Crippen LogP contribution in [0.3, 0.4) is 0 Å². The van der Waals surface area contributed by atoms with Crippen LogP contribution in [0.5, 0.6) is 0 Å². The fourth-order valence-corrected chi connectivity index (χ4v) is 1.97. The fraction of sp³-hybridized carbons (Fsp3) is 1.00. The van der Waals surface area contributed by atoms with E-state index in [-0.39, 0.29) is 0 Å². The normalized spacial score (nSPS) is 14.4. The van der Waals surface area contributed by atoms with E-state index in [1.165, 1.54) is 32.2 Å². The fourth-order valence-electron chi connectivity index (χ4n) is 1.97. The minimum atomic E-state index is 0.490. The molecule has 0 fully saturated rings. The Hall–Kier alpha value is -0.0400. The molecular weight excluding hydrogens is 194 g/mol. The lowest BCUT2D eigenvalue weighted by atomic mass is 9.85. The third kappa shape index (κ3) is 10.5. The number of nitrogens with one attached hydrogen (secondary N) is 1. The SMILES string of the molecule is CCCC(CCC(C)(C)C)CNCC(C)C. The van der Waals surface area contributed by atoms with E-state index in [9.17, 15) is 0 Å². The second-order valence-electron chi connectivity index (χ2n) is 6.81. The van der Waals surface area contributed by atoms with Gasteiger partial charge in [0.15, 0.2) is 0 Å². The van der Waals surface area contributed by atoms with Gasteiger partial charge in [-0.2, -0.15) is 0 Å². The molecule has 0 spiro atoms. The summed E-state index contributed by atoms with van der Waals surface area (Å²) in [4.78, 5) is 0. The Morgan fingerprint density at radius 1 is 1.00 bits per heavy atom. The van der Waals surface area contributed by atoms with Crippen LogP contribution in [0.15, 0.2) is 0 Å². The summed E-state index contributed by atoms with van der Waals surface area (Å²) >= 11 is 0. The zero-order chi connectivity index (χ0) is 12.6. The summed E-state index contributed by atoms with van der Waals surface area (Å²) in [6.45, 7) is 16.3. The highest BCUT2D eigenvalue weighted by Gasteiger charge is 2.14. The first-order valence-electron chi connectivity index (χ1n) is 7.06. The summed E-state index contributed by atoms with van der Waals surface area (Å²) < 4.78 is 0. The minimum Gasteiger partial charge on any atom is -0.316 e. The van der Waals surface area contributed by atoms with Crippen LogP contribution in [0.1, 0.15) is 67.2 Å². The first kappa shape index (κ1) is 16.0. The van der Waals surface area contributed by atoms with E-state index in [0.29, 0.717) is 5.41 Å². The third-order valence-electron chi connectivity index (χ3n) is 2.99. The van der Waals surface area contributed by atoms with Crippen molar-refractivity contribution in [3.05, 3.63) is 0 Å². The Morgan fingerprint density at radius 2 is 1.62 bits per heavy atom. The molecule has 1 nitrogen and oxygen atoms in total. The van der Waals surface area contributed by atoms with Crippen LogP contribution >= 0.6 is 0 Å². The highest BCUT2D eigenvalue weighted by atomic mass is 14.9. The maximum Gasteiger partial charge on any atom is -0.00204 e. The topological polar surface area (TPSA) is 12.0 Å². The van der Waals surface area contributed by atoms with Crippen molar-refractivity contribution in [2.24, 2.45) is 17.3 Å². The maximum absolute atomic E-state index is 3.61. The maximum atomic E-state index is 3.61. The van der Waals surface area contributed by atoms with Gasteiger partial charge in [0.1, 0.15) is 0 Å². The molecule has 0 saturated heterocycles. The first-order valence-corrected chi connectivity index (χ1v) is 7.06. The molecule has 1 N–H and O–H groups in total. The van der Waals surface area contributed by atoms with Crippen LogP contribution in [0.25, 0.3) is 0 Å². The quantitative estimate of drug-likeness (QED) is 0.645. The molecule has 98 valence electrons. The Labute approximate surface area is 103 Å². The molecule has 0 amide bonds. The Balaban J connectivity index is 3.79. The predicted octanol–water partition coefficient (Wildman–Crippen LogP) is 4.47. The number of rotatable bonds is 8. The van der Waals surface area contributed by atoms with Gasteiger partial charge in [-0.15, -0.1) is 0 Å². The zero-order valence-electron chi connectivity index (χ0n) is 12.4. The van der Waals surface area contributed by atoms with Gasteiger partial charge in [0.25, 0.3) is 0 Å². The van der Waals surface area contributed by atoms with Crippen molar-refractivity contribution in [1.82, 2.24) is 5.32 Å². The molecule has 1 unspecified atom stereocenters. The van der Waals surface area contributed by atoms with Gasteiger partial charge in [-0.25, -0.2) is 0 Å². The minimum absolute atomic E-state index is 0.490. The van der Waals surface area contributed by atoms with E-state index < -0.39 is 0 Å². The van der Waals surface area contributed by atoms with Gasteiger partial charge in [-0.1, -0.05) is 48.0 Å². The molecule has 0 rings (SSSR count). The second-order valence-corrected chi connectivity index (χ2v) is 6.81. The van der Waals surface area contributed by atoms with Gasteiger partial charge < -0.3 is 5.32 Å². The standard InChI is InChI=1S/C15H33N/c1-7-8-14(9-10-15(4,5)6)12-16-11-13(2)3/h13-14,16H,7-12H2,1-6H3. The smallest absolute Gasteiger partial charge is 0.00204 e. The van der Waals surface area contributed by atoms with Crippen LogP contribution in [-0.2, 0) is 0 Å². The van der Waals surface area contributed by atoms with Gasteiger partial charge >= 0.3 is 0 Å². The van der Waals surface area contributed by atoms with Crippen molar-refractivity contribution < 1.29 is 0 Å². The van der Waals surface area contributed by atoms with Crippen LogP contribution in [0, 0.1) is 17.3 Å². The average Bonchev–Trinajstić information content (AvgIpc) is 2.12. The number of hydrogen-bond acceptors (Lipinski definition) is 1. The largest absolute Gasteiger partial charge is 0.316 e. The lowest BCUT2D eigenvalue weighted by Gasteiger charge is -2.23. The van der Waals surface area contributed by atoms with Crippen molar-refractivity contribution in [2.75, 3.05) is 13.1 Å². The lowest BCUT2D eigenvalue weighted by Crippen LogP contribution is -2.27. The van der Waals surface area contributed by atoms with Crippen molar-refractivity contribution in [3.63, 3.8) is 0 Å². The Bertz CT molecular complexity index is 155. The van der Waals surface area contributed by atoms with Crippen LogP contribution < -0.4 is 5.32 Å². The molecule has 0 heterocycles. The molecule has 16 heavy (non-hydrogen) atoms. The van der Waals surface area contributed by atoms with Gasteiger partial charge in [-0.05, 0) is 49.6 Å². The van der Waals surface area contributed by atoms with Crippen molar-refractivity contribution in [1.29, 1.82) is 0 Å². The van der Waals surface area contributed by atoms with Crippen LogP contribution in [0.4, 0.5) is 0 Å². The second kappa shape index (κ2) is 8.11. The number of hydrogen-bond donors (Lipinski definition) is 1. The van der Waals surface area contributed by atoms with E-state index in [4.69, 9.17) is 0 Å². The molecule has 0 aliphatic carbocycles. The molecule has 1 atom stereocenters. The summed E-state index contributed by atoms with van der Waals surface area (Å²) in [5.41, 5.74) is 0.490. The molecule has 0 bridgehead atoms. The van der Waals surface area contributed by atoms with Gasteiger partial charge in [0.2, 0.25) is 0 Å². The van der Waals surface area contributed by atoms with Crippen LogP contribution in [-0.4, -0.2) is 13.1 Å². The highest BCUT2D eigenvalue weighted by Crippen LogP contribution is 2.25. The van der Waals surface area contributed by atoms with Crippen molar-refractivity contribution >= 4 is 0 Å². The molecule has 0 aromatic rings.